The van der Waals surface area contributed by atoms with Gasteiger partial charge in [-0.05, 0) is 70.0 Å². The molecule has 10 rings (SSSR count). The number of nitrogens with zero attached hydrogens (tertiary/aromatic N) is 3. The van der Waals surface area contributed by atoms with Gasteiger partial charge in [0, 0.05) is 46.4 Å². The quantitative estimate of drug-likeness (QED) is 0.181. The summed E-state index contributed by atoms with van der Waals surface area (Å²) < 4.78 is 3.73. The summed E-state index contributed by atoms with van der Waals surface area (Å²) in [7, 11) is 0. The molecular formula is C46H29N3S2. The van der Waals surface area contributed by atoms with Crippen molar-refractivity contribution in [3.05, 3.63) is 168 Å². The minimum atomic E-state index is 0.659. The lowest BCUT2D eigenvalue weighted by molar-refractivity contribution is 1.08. The zero-order valence-corrected chi connectivity index (χ0v) is 29.1. The van der Waals surface area contributed by atoms with Crippen LogP contribution in [0.2, 0.25) is 0 Å². The fourth-order valence-corrected chi connectivity index (χ4v) is 9.42. The fraction of sp³-hybridized carbons (Fsp3) is 0.0217. The molecule has 0 radical (unpaired) electrons. The molecule has 0 aliphatic heterocycles. The molecule has 0 spiro atoms. The van der Waals surface area contributed by atoms with Crippen molar-refractivity contribution >= 4 is 59.0 Å². The molecule has 0 atom stereocenters. The third-order valence-corrected chi connectivity index (χ3v) is 11.9. The summed E-state index contributed by atoms with van der Waals surface area (Å²) in [5.74, 6) is 2.01. The van der Waals surface area contributed by atoms with Crippen LogP contribution in [0.15, 0.2) is 158 Å². The SMILES string of the molecule is C1=CCc2c(sc3cc(-c4nc(-c5ccc(-c6cccc(-c7ccccc7)c6)cc5)nc(-c5cccc6sc7ccccc7c56)n4)ccc23)C=C1. The van der Waals surface area contributed by atoms with Gasteiger partial charge in [-0.1, -0.05) is 133 Å². The predicted octanol–water partition coefficient (Wildman–Crippen LogP) is 12.9. The van der Waals surface area contributed by atoms with Crippen molar-refractivity contribution in [2.24, 2.45) is 0 Å². The van der Waals surface area contributed by atoms with Crippen LogP contribution in [0.5, 0.6) is 0 Å². The average molecular weight is 688 g/mol. The maximum atomic E-state index is 5.21. The molecule has 240 valence electrons. The van der Waals surface area contributed by atoms with E-state index in [0.29, 0.717) is 17.5 Å². The number of aromatic nitrogens is 3. The average Bonchev–Trinajstić information content (AvgIpc) is 3.66. The van der Waals surface area contributed by atoms with Crippen LogP contribution in [0, 0.1) is 0 Å². The molecule has 3 heterocycles. The highest BCUT2D eigenvalue weighted by Crippen LogP contribution is 2.41. The molecule has 0 saturated carbocycles. The van der Waals surface area contributed by atoms with E-state index in [1.54, 1.807) is 11.3 Å². The molecule has 3 nitrogen and oxygen atoms in total. The Balaban J connectivity index is 1.11. The first-order valence-corrected chi connectivity index (χ1v) is 18.7. The van der Waals surface area contributed by atoms with Crippen molar-refractivity contribution in [1.29, 1.82) is 0 Å². The van der Waals surface area contributed by atoms with E-state index < -0.39 is 0 Å². The smallest absolute Gasteiger partial charge is 0.164 e. The van der Waals surface area contributed by atoms with Crippen molar-refractivity contribution < 1.29 is 0 Å². The third-order valence-electron chi connectivity index (χ3n) is 9.62. The first-order chi connectivity index (χ1) is 25.2. The molecule has 0 N–H and O–H groups in total. The van der Waals surface area contributed by atoms with Crippen LogP contribution in [0.4, 0.5) is 0 Å². The van der Waals surface area contributed by atoms with Gasteiger partial charge in [0.1, 0.15) is 0 Å². The van der Waals surface area contributed by atoms with E-state index in [4.69, 9.17) is 15.0 Å². The maximum Gasteiger partial charge on any atom is 0.164 e. The van der Waals surface area contributed by atoms with Crippen LogP contribution in [0.25, 0.3) is 92.8 Å². The highest BCUT2D eigenvalue weighted by molar-refractivity contribution is 7.26. The van der Waals surface area contributed by atoms with Crippen molar-refractivity contribution in [1.82, 2.24) is 15.0 Å². The number of benzene rings is 6. The molecule has 0 unspecified atom stereocenters. The Hall–Kier alpha value is -6.01. The minimum absolute atomic E-state index is 0.659. The zero-order valence-electron chi connectivity index (χ0n) is 27.5. The van der Waals surface area contributed by atoms with Gasteiger partial charge >= 0.3 is 0 Å². The Morgan fingerprint density at radius 2 is 1.10 bits per heavy atom. The van der Waals surface area contributed by atoms with Gasteiger partial charge < -0.3 is 0 Å². The Labute approximate surface area is 303 Å². The third kappa shape index (κ3) is 5.39. The molecule has 1 aliphatic carbocycles. The number of thiophene rings is 2. The molecule has 0 saturated heterocycles. The molecule has 0 fully saturated rings. The molecule has 0 bridgehead atoms. The molecule has 0 amide bonds. The second-order valence-corrected chi connectivity index (χ2v) is 14.9. The van der Waals surface area contributed by atoms with Crippen LogP contribution in [0.3, 0.4) is 0 Å². The summed E-state index contributed by atoms with van der Waals surface area (Å²) in [5, 5.41) is 3.71. The van der Waals surface area contributed by atoms with Crippen molar-refractivity contribution in [3.8, 4) is 56.4 Å². The van der Waals surface area contributed by atoms with E-state index in [1.165, 1.54) is 57.4 Å². The van der Waals surface area contributed by atoms with Crippen LogP contribution in [0.1, 0.15) is 10.4 Å². The number of allylic oxidation sites excluding steroid dienone is 3. The predicted molar refractivity (Wildman–Crippen MR) is 217 cm³/mol. The Bertz CT molecular complexity index is 2820. The van der Waals surface area contributed by atoms with E-state index in [-0.39, 0.29) is 0 Å². The summed E-state index contributed by atoms with van der Waals surface area (Å²) in [6.07, 6.45) is 9.65. The topological polar surface area (TPSA) is 38.7 Å². The number of rotatable bonds is 5. The summed E-state index contributed by atoms with van der Waals surface area (Å²) >= 11 is 3.64. The lowest BCUT2D eigenvalue weighted by Crippen LogP contribution is -2.00. The van der Waals surface area contributed by atoms with Crippen LogP contribution >= 0.6 is 22.7 Å². The molecular weight excluding hydrogens is 659 g/mol. The summed E-state index contributed by atoms with van der Waals surface area (Å²) in [5.41, 5.74) is 9.06. The van der Waals surface area contributed by atoms with Gasteiger partial charge in [0.25, 0.3) is 0 Å². The van der Waals surface area contributed by atoms with Crippen LogP contribution in [-0.4, -0.2) is 15.0 Å². The second kappa shape index (κ2) is 12.4. The fourth-order valence-electron chi connectivity index (χ4n) is 7.10. The normalized spacial score (nSPS) is 12.5. The zero-order chi connectivity index (χ0) is 33.7. The lowest BCUT2D eigenvalue weighted by Gasteiger charge is -2.11. The largest absolute Gasteiger partial charge is 0.208 e. The summed E-state index contributed by atoms with van der Waals surface area (Å²) in [6.45, 7) is 0. The van der Waals surface area contributed by atoms with E-state index in [2.05, 4.69) is 164 Å². The van der Waals surface area contributed by atoms with E-state index in [1.807, 2.05) is 11.3 Å². The highest BCUT2D eigenvalue weighted by atomic mass is 32.1. The van der Waals surface area contributed by atoms with Gasteiger partial charge in [-0.25, -0.2) is 15.0 Å². The standard InChI is InChI=1S/C46H29N3S2/c1-3-11-29(12-4-1)32-13-9-14-33(27-32)30-21-23-31(24-22-30)44-47-45(34-25-26-36-35-15-5-2-6-18-39(35)51-42(36)28-34)49-46(48-44)38-17-10-20-41-43(38)37-16-7-8-19-40(37)50-41/h1-14,16-28H,15H2. The maximum absolute atomic E-state index is 5.21. The summed E-state index contributed by atoms with van der Waals surface area (Å²) in [6, 6.07) is 49.5. The lowest BCUT2D eigenvalue weighted by atomic mass is 9.98. The number of fused-ring (bicyclic) bond motifs is 6. The molecule has 3 aromatic heterocycles. The number of hydrogen-bond acceptors (Lipinski definition) is 5. The molecule has 51 heavy (non-hydrogen) atoms. The first-order valence-electron chi connectivity index (χ1n) is 17.1. The Kier molecular flexibility index (Phi) is 7.26. The summed E-state index contributed by atoms with van der Waals surface area (Å²) in [4.78, 5) is 16.9. The second-order valence-electron chi connectivity index (χ2n) is 12.8. The molecule has 1 aliphatic rings. The van der Waals surface area contributed by atoms with Gasteiger partial charge in [0.15, 0.2) is 17.5 Å². The minimum Gasteiger partial charge on any atom is -0.208 e. The van der Waals surface area contributed by atoms with Gasteiger partial charge in [0.05, 0.1) is 0 Å². The van der Waals surface area contributed by atoms with Gasteiger partial charge in [-0.3, -0.25) is 0 Å². The van der Waals surface area contributed by atoms with E-state index >= 15 is 0 Å². The van der Waals surface area contributed by atoms with Crippen LogP contribution < -0.4 is 0 Å². The van der Waals surface area contributed by atoms with Crippen molar-refractivity contribution in [2.75, 3.05) is 0 Å². The van der Waals surface area contributed by atoms with E-state index in [0.717, 1.165) is 28.7 Å². The van der Waals surface area contributed by atoms with E-state index in [9.17, 15) is 0 Å². The van der Waals surface area contributed by atoms with Gasteiger partial charge in [-0.15, -0.1) is 22.7 Å². The van der Waals surface area contributed by atoms with Crippen molar-refractivity contribution in [2.45, 2.75) is 6.42 Å². The first kappa shape index (κ1) is 29.9. The monoisotopic (exact) mass is 687 g/mol. The van der Waals surface area contributed by atoms with Gasteiger partial charge in [-0.2, -0.15) is 0 Å². The molecule has 5 heteroatoms. The number of hydrogen-bond donors (Lipinski definition) is 0. The highest BCUT2D eigenvalue weighted by Gasteiger charge is 2.18. The van der Waals surface area contributed by atoms with Crippen LogP contribution in [-0.2, 0) is 6.42 Å². The molecule has 6 aromatic carbocycles. The Morgan fingerprint density at radius 3 is 1.96 bits per heavy atom. The Morgan fingerprint density at radius 1 is 0.431 bits per heavy atom. The molecule has 9 aromatic rings. The van der Waals surface area contributed by atoms with Gasteiger partial charge in [0.2, 0.25) is 0 Å². The van der Waals surface area contributed by atoms with Crippen molar-refractivity contribution in [3.63, 3.8) is 0 Å².